The zero-order chi connectivity index (χ0) is 96.6. The number of para-hydroxylation sites is 1. The first-order valence-electron chi connectivity index (χ1n) is 48.3. The van der Waals surface area contributed by atoms with Gasteiger partial charge in [-0.1, -0.05) is 303 Å². The first kappa shape index (κ1) is 69.5. The Labute approximate surface area is 787 Å². The second-order valence-corrected chi connectivity index (χ2v) is 32.8. The fourth-order valence-corrected chi connectivity index (χ4v) is 19.3. The summed E-state index contributed by atoms with van der Waals surface area (Å²) >= 11 is 0. The van der Waals surface area contributed by atoms with Gasteiger partial charge in [0.05, 0.1) is 51.5 Å². The van der Waals surface area contributed by atoms with Crippen LogP contribution in [0, 0.1) is 45.8 Å². The smallest absolute Gasteiger partial charge is 0.512 e. The van der Waals surface area contributed by atoms with Crippen molar-refractivity contribution in [2.24, 2.45) is 0 Å². The molecule has 0 bridgehead atoms. The van der Waals surface area contributed by atoms with E-state index in [1.165, 1.54) is 127 Å². The Balaban J connectivity index is 0.000000129. The maximum Gasteiger partial charge on any atom is 2.00 e. The molecule has 19 aromatic rings. The molecule has 14 aromatic carbocycles. The molecule has 12 heteroatoms. The molecule has 1 unspecified atom stereocenters. The summed E-state index contributed by atoms with van der Waals surface area (Å²) in [5.74, 6) is 0.141. The summed E-state index contributed by atoms with van der Waals surface area (Å²) in [7, 11) is 0. The van der Waals surface area contributed by atoms with Crippen LogP contribution in [0.15, 0.2) is 358 Å². The number of benzene rings is 14. The molecular weight excluding hydrogens is 1910 g/mol. The predicted molar refractivity (Wildman–Crippen MR) is 506 cm³/mol. The molecule has 1 aliphatic carbocycles. The summed E-state index contributed by atoms with van der Waals surface area (Å²) in [6.07, 6.45) is 8.70. The van der Waals surface area contributed by atoms with Crippen molar-refractivity contribution in [3.05, 3.63) is 460 Å². The molecular formula is C115H91IrN8O2Pt+. The van der Waals surface area contributed by atoms with Gasteiger partial charge in [0, 0.05) is 93.4 Å². The number of carbonyl (C=O) groups is 1. The van der Waals surface area contributed by atoms with Gasteiger partial charge in [-0.2, -0.15) is 4.57 Å². The molecule has 0 spiro atoms. The molecule has 0 fully saturated rings. The molecule has 127 heavy (non-hydrogen) atoms. The van der Waals surface area contributed by atoms with Gasteiger partial charge in [0.1, 0.15) is 14.1 Å². The van der Waals surface area contributed by atoms with Crippen molar-refractivity contribution in [1.29, 1.82) is 0 Å². The number of fused-ring (bicyclic) bond motifs is 13. The Morgan fingerprint density at radius 2 is 1.17 bits per heavy atom. The number of aliphatic hydroxyl groups excluding tert-OH is 1. The van der Waals surface area contributed by atoms with E-state index in [-0.39, 0.29) is 152 Å². The zero-order valence-electron chi connectivity index (χ0n) is 83.8. The number of aryl methyl sites for hydroxylation is 1. The fourth-order valence-electron chi connectivity index (χ4n) is 19.3. The number of H-pyrrole nitrogens is 1. The van der Waals surface area contributed by atoms with Crippen LogP contribution in [-0.4, -0.2) is 35.8 Å². The summed E-state index contributed by atoms with van der Waals surface area (Å²) in [5, 5.41) is 15.8. The average Bonchev–Trinajstić information content (AvgIpc) is 1.03. The first-order chi connectivity index (χ1) is 66.3. The Morgan fingerprint density at radius 1 is 0.551 bits per heavy atom. The Kier molecular flexibility index (Phi) is 18.8. The maximum absolute atomic E-state index is 10.0. The van der Waals surface area contributed by atoms with Gasteiger partial charge < -0.3 is 25.0 Å². The van der Waals surface area contributed by atoms with Crippen LogP contribution >= 0.6 is 0 Å². The number of aromatic amines is 1. The molecule has 0 amide bonds. The monoisotopic (exact) mass is 2020 g/mol. The second kappa shape index (κ2) is 34.3. The minimum Gasteiger partial charge on any atom is -0.512 e. The molecule has 5 aromatic heterocycles. The normalized spacial score (nSPS) is 15.8. The van der Waals surface area contributed by atoms with E-state index in [1.807, 2.05) is 68.0 Å². The molecule has 1 radical (unpaired) electrons. The third kappa shape index (κ3) is 14.5. The van der Waals surface area contributed by atoms with Crippen LogP contribution in [0.25, 0.3) is 111 Å². The van der Waals surface area contributed by atoms with Crippen molar-refractivity contribution in [3.63, 3.8) is 0 Å². The molecule has 621 valence electrons. The van der Waals surface area contributed by atoms with E-state index < -0.39 is 41.4 Å². The van der Waals surface area contributed by atoms with Gasteiger partial charge in [0.15, 0.2) is 24.2 Å². The van der Waals surface area contributed by atoms with Crippen LogP contribution in [0.3, 0.4) is 0 Å². The second-order valence-electron chi connectivity index (χ2n) is 32.8. The largest absolute Gasteiger partial charge is 2.00 e. The van der Waals surface area contributed by atoms with Crippen LogP contribution in [0.5, 0.6) is 0 Å². The minimum absolute atomic E-state index is 0. The Hall–Kier alpha value is -13.8. The number of nitrogens with one attached hydrogen (secondary N) is 1. The van der Waals surface area contributed by atoms with Gasteiger partial charge in [0.25, 0.3) is 5.82 Å². The quantitative estimate of drug-likeness (QED) is 0.0512. The molecule has 24 rings (SSSR count). The first-order valence-corrected chi connectivity index (χ1v) is 41.8. The fraction of sp³-hybridized carbons (Fsp3) is 0.122. The van der Waals surface area contributed by atoms with E-state index in [0.29, 0.717) is 5.56 Å². The SMILES string of the molecule is CC(=O)C=C(C)O.CC1(C)c2cccc3c2-c2c4c1cccc4cc[n+]2C3.CC1(c2ccccc2)c2ccc(-c3ccccn3)[c-]c2N2c3[c-]c(-c4ccccn4)ccc3C(c3ccccc3)(c3ccccc3)c3cccc1c32.Cc1cnc2c3[c-]cccc3c3ccccc3c2n1.[2H]c1cc(-c2c([2H])c([2H])c([2H])c3c2-c2[nH]c(-c4c(C)c([2H])c([2H])c([2H])c4C([2H])([2H])[2H])c([2H])[n+]2C3)c([2H])c(C)c1[2H].[Ir].[Pt+2]. The molecule has 0 saturated heterocycles. The summed E-state index contributed by atoms with van der Waals surface area (Å²) in [4.78, 5) is 34.2. The number of aliphatic hydroxyl groups is 1. The van der Waals surface area contributed by atoms with E-state index in [0.717, 1.165) is 79.2 Å². The number of pyridine rings is 3. The number of hydrogen-bond acceptors (Lipinski definition) is 7. The van der Waals surface area contributed by atoms with Crippen molar-refractivity contribution < 1.29 is 78.0 Å². The van der Waals surface area contributed by atoms with Crippen molar-refractivity contribution in [1.82, 2.24) is 24.9 Å². The number of imidazole rings is 1. The van der Waals surface area contributed by atoms with Crippen molar-refractivity contribution in [2.45, 2.75) is 91.6 Å². The predicted octanol–water partition coefficient (Wildman–Crippen LogP) is 25.7. The van der Waals surface area contributed by atoms with E-state index in [1.54, 1.807) is 0 Å². The zero-order valence-corrected chi connectivity index (χ0v) is 75.4. The van der Waals surface area contributed by atoms with Gasteiger partial charge in [-0.05, 0) is 148 Å². The number of rotatable bonds is 8. The van der Waals surface area contributed by atoms with Crippen LogP contribution in [0.1, 0.15) is 136 Å². The molecule has 9 heterocycles. The number of carbonyl (C=O) groups excluding carboxylic acids is 1. The molecule has 5 aliphatic rings. The number of allylic oxidation sites excluding steroid dienone is 2. The topological polar surface area (TPSA) is 116 Å². The van der Waals surface area contributed by atoms with Crippen LogP contribution in [0.2, 0.25) is 0 Å². The van der Waals surface area contributed by atoms with Crippen LogP contribution in [0.4, 0.5) is 17.1 Å². The van der Waals surface area contributed by atoms with Gasteiger partial charge in [-0.3, -0.25) is 9.78 Å². The van der Waals surface area contributed by atoms with Crippen LogP contribution < -0.4 is 14.0 Å². The van der Waals surface area contributed by atoms with E-state index in [9.17, 15) is 4.79 Å². The van der Waals surface area contributed by atoms with Crippen molar-refractivity contribution >= 4 is 66.2 Å². The van der Waals surface area contributed by atoms with Gasteiger partial charge in [-0.15, -0.1) is 77.2 Å². The number of aromatic nitrogens is 7. The summed E-state index contributed by atoms with van der Waals surface area (Å²) in [5.41, 5.74) is 24.8. The Morgan fingerprint density at radius 3 is 1.85 bits per heavy atom. The number of anilines is 3. The standard InChI is InChI=1S/C49H33N3.C25H22N2.C19H16N.C17H11N2.C5H8O2.Ir.Pt/c1-48(36-16-5-2-6-17-36)39-28-26-34(43-24-11-13-30-50-43)32-45(39)52-46-33-35(44-25-12-14-31-51-44)27-29-40(46)49(37-18-7-3-8-19-37,38-20-9-4-10-21-38)42-23-15-22-41(48)47(42)52;1-16-7-4-10-19(13-16)21-12-6-11-20-14-27-15-22(26-25(27)24(20)21)23-17(2)8-5-9-18(23)3;1-19(2)14-7-3-5-12-9-10-20-11-13-6-4-8-15(19)17(13)18(20)16(12)14;1-11-10-18-16-14-8-4-2-6-12(14)13-7-3-5-9-15(13)17(16)19-11;1-4(6)3-5(2)7;;/h2-31H,1H3;4-13,15H,14H2,1-3H3;3-10H,11H2,1-2H3;2-7,9-10H,1H3;3,6H,1-2H3;;/q-2;;+1;-1;;;+2/p+1/i;2D3,4D,5D,6D,7D,8D,9D,11D,12D,13D,15D;;;;;. The van der Waals surface area contributed by atoms with Gasteiger partial charge in [-0.25, -0.2) is 9.55 Å². The summed E-state index contributed by atoms with van der Waals surface area (Å²) < 4.78 is 112. The minimum atomic E-state index is -2.83. The molecule has 2 N–H and O–H groups in total. The summed E-state index contributed by atoms with van der Waals surface area (Å²) in [6, 6.07) is 101. The molecule has 1 atom stereocenters. The molecule has 10 nitrogen and oxygen atoms in total. The Bertz CT molecular complexity index is 8220. The van der Waals surface area contributed by atoms with Crippen molar-refractivity contribution in [3.8, 4) is 67.5 Å². The summed E-state index contributed by atoms with van der Waals surface area (Å²) in [6.45, 7) is 13.0. The maximum atomic E-state index is 10.0. The van der Waals surface area contributed by atoms with Gasteiger partial charge in [0.2, 0.25) is 5.69 Å². The van der Waals surface area contributed by atoms with Crippen LogP contribution in [-0.2, 0) is 75.3 Å². The van der Waals surface area contributed by atoms with E-state index in [4.69, 9.17) is 32.9 Å². The third-order valence-corrected chi connectivity index (χ3v) is 24.7. The average molecular weight is 2020 g/mol. The van der Waals surface area contributed by atoms with E-state index in [2.05, 4.69) is 282 Å². The van der Waals surface area contributed by atoms with Crippen molar-refractivity contribution in [2.75, 3.05) is 4.90 Å². The third-order valence-electron chi connectivity index (χ3n) is 24.7. The molecule has 4 aliphatic heterocycles. The molecule has 0 saturated carbocycles. The number of hydrogen-bond donors (Lipinski definition) is 2. The number of nitrogens with zero attached hydrogens (tertiary/aromatic N) is 7. The van der Waals surface area contributed by atoms with Gasteiger partial charge >= 0.3 is 21.1 Å². The van der Waals surface area contributed by atoms with E-state index >= 15 is 0 Å². The number of ketones is 1.